The minimum atomic E-state index is 0.134. The Morgan fingerprint density at radius 2 is 2.10 bits per heavy atom. The van der Waals surface area contributed by atoms with Crippen LogP contribution in [0.25, 0.3) is 0 Å². The summed E-state index contributed by atoms with van der Waals surface area (Å²) in [4.78, 5) is 17.0. The lowest BCUT2D eigenvalue weighted by Crippen LogP contribution is -2.36. The van der Waals surface area contributed by atoms with Crippen LogP contribution in [0.5, 0.6) is 0 Å². The molecule has 0 N–H and O–H groups in total. The highest BCUT2D eigenvalue weighted by atomic mass is 35.5. The Morgan fingerprint density at radius 3 is 2.67 bits per heavy atom. The Labute approximate surface area is 132 Å². The summed E-state index contributed by atoms with van der Waals surface area (Å²) in [6.45, 7) is 5.83. The van der Waals surface area contributed by atoms with Crippen LogP contribution in [-0.4, -0.2) is 48.9 Å². The van der Waals surface area contributed by atoms with Gasteiger partial charge in [-0.1, -0.05) is 24.9 Å². The van der Waals surface area contributed by atoms with Crippen molar-refractivity contribution < 1.29 is 4.79 Å². The van der Waals surface area contributed by atoms with Gasteiger partial charge < -0.3 is 9.80 Å². The van der Waals surface area contributed by atoms with Crippen LogP contribution in [0, 0.1) is 12.8 Å². The van der Waals surface area contributed by atoms with Crippen LogP contribution in [-0.2, 0) is 0 Å². The third-order valence-corrected chi connectivity index (χ3v) is 4.67. The molecule has 3 nitrogen and oxygen atoms in total. The quantitative estimate of drug-likeness (QED) is 0.850. The fraction of sp³-hybridized carbons (Fsp3) is 0.588. The summed E-state index contributed by atoms with van der Waals surface area (Å²) >= 11 is 5.98. The van der Waals surface area contributed by atoms with Crippen LogP contribution < -0.4 is 0 Å². The third-order valence-electron chi connectivity index (χ3n) is 4.44. The molecule has 0 bridgehead atoms. The molecule has 21 heavy (non-hydrogen) atoms. The molecule has 0 saturated carbocycles. The van der Waals surface area contributed by atoms with E-state index in [0.29, 0.717) is 17.0 Å². The second kappa shape index (κ2) is 6.80. The lowest BCUT2D eigenvalue weighted by atomic mass is 9.98. The van der Waals surface area contributed by atoms with E-state index < -0.39 is 0 Å². The van der Waals surface area contributed by atoms with Gasteiger partial charge in [-0.15, -0.1) is 0 Å². The number of hydrogen-bond acceptors (Lipinski definition) is 2. The van der Waals surface area contributed by atoms with Crippen molar-refractivity contribution in [1.29, 1.82) is 0 Å². The summed E-state index contributed by atoms with van der Waals surface area (Å²) in [6.07, 6.45) is 2.34. The first-order valence-corrected chi connectivity index (χ1v) is 8.03. The number of rotatable bonds is 4. The molecule has 1 saturated heterocycles. The summed E-state index contributed by atoms with van der Waals surface area (Å²) in [5.41, 5.74) is 1.72. The van der Waals surface area contributed by atoms with Crippen molar-refractivity contribution in [3.63, 3.8) is 0 Å². The van der Waals surface area contributed by atoms with E-state index in [0.717, 1.165) is 30.6 Å². The van der Waals surface area contributed by atoms with Crippen molar-refractivity contribution in [3.8, 4) is 0 Å². The number of nitrogens with zero attached hydrogens (tertiary/aromatic N) is 2. The van der Waals surface area contributed by atoms with Crippen LogP contribution in [0.3, 0.4) is 0 Å². The minimum absolute atomic E-state index is 0.134. The number of carbonyl (C=O) groups is 1. The Balaban J connectivity index is 2.16. The highest BCUT2D eigenvalue weighted by molar-refractivity contribution is 6.30. The van der Waals surface area contributed by atoms with Crippen molar-refractivity contribution in [3.05, 3.63) is 34.3 Å². The third kappa shape index (κ3) is 3.58. The van der Waals surface area contributed by atoms with E-state index in [-0.39, 0.29) is 5.91 Å². The molecule has 1 aliphatic heterocycles. The van der Waals surface area contributed by atoms with E-state index in [1.807, 2.05) is 24.0 Å². The maximum absolute atomic E-state index is 12.8. The van der Waals surface area contributed by atoms with E-state index in [9.17, 15) is 4.79 Å². The molecule has 4 heteroatoms. The molecule has 2 atom stereocenters. The maximum Gasteiger partial charge on any atom is 0.254 e. The topological polar surface area (TPSA) is 23.6 Å². The molecule has 0 aromatic heterocycles. The van der Waals surface area contributed by atoms with Gasteiger partial charge in [0.25, 0.3) is 5.91 Å². The lowest BCUT2D eigenvalue weighted by Gasteiger charge is -2.24. The summed E-state index contributed by atoms with van der Waals surface area (Å²) in [5.74, 6) is 0.705. The van der Waals surface area contributed by atoms with E-state index in [4.69, 9.17) is 11.6 Å². The van der Waals surface area contributed by atoms with Crippen LogP contribution in [0.15, 0.2) is 18.2 Å². The predicted octanol–water partition coefficient (Wildman–Crippen LogP) is 3.45. The molecule has 1 heterocycles. The molecule has 1 aromatic rings. The number of aryl methyl sites for hydroxylation is 1. The molecule has 116 valence electrons. The number of likely N-dealkylation sites (N-methyl/N-ethyl adjacent to an activating group) is 1. The molecule has 0 radical (unpaired) electrons. The van der Waals surface area contributed by atoms with Crippen molar-refractivity contribution >= 4 is 17.5 Å². The van der Waals surface area contributed by atoms with Crippen molar-refractivity contribution in [2.24, 2.45) is 5.92 Å². The molecular formula is C17H25ClN2O. The van der Waals surface area contributed by atoms with Gasteiger partial charge in [-0.3, -0.25) is 4.79 Å². The smallest absolute Gasteiger partial charge is 0.254 e. The summed E-state index contributed by atoms with van der Waals surface area (Å²) in [7, 11) is 4.21. The van der Waals surface area contributed by atoms with Gasteiger partial charge in [0.05, 0.1) is 0 Å². The number of likely N-dealkylation sites (tertiary alicyclic amines) is 1. The van der Waals surface area contributed by atoms with Crippen LogP contribution >= 0.6 is 11.6 Å². The monoisotopic (exact) mass is 308 g/mol. The zero-order chi connectivity index (χ0) is 15.6. The Hall–Kier alpha value is -1.06. The van der Waals surface area contributed by atoms with Crippen LogP contribution in [0.1, 0.15) is 35.7 Å². The van der Waals surface area contributed by atoms with Gasteiger partial charge in [-0.05, 0) is 57.1 Å². The molecule has 1 amide bonds. The standard InChI is InChI=1S/C17H25ClN2O/c1-5-6-13-10-20(11-16(13)19(3)4)17(21)15-8-7-14(18)9-12(15)2/h7-9,13,16H,5-6,10-11H2,1-4H3/t13-,16-/m1/s1. The zero-order valence-electron chi connectivity index (χ0n) is 13.4. The van der Waals surface area contributed by atoms with E-state index in [1.54, 1.807) is 6.07 Å². The molecule has 0 aliphatic carbocycles. The normalized spacial score (nSPS) is 22.1. The number of halogens is 1. The van der Waals surface area contributed by atoms with Crippen molar-refractivity contribution in [2.75, 3.05) is 27.2 Å². The molecule has 1 fully saturated rings. The average molecular weight is 309 g/mol. The van der Waals surface area contributed by atoms with Crippen LogP contribution in [0.2, 0.25) is 5.02 Å². The first-order chi connectivity index (χ1) is 9.93. The average Bonchev–Trinajstić information content (AvgIpc) is 2.83. The Bertz CT molecular complexity index is 516. The first-order valence-electron chi connectivity index (χ1n) is 7.66. The number of hydrogen-bond donors (Lipinski definition) is 0. The van der Waals surface area contributed by atoms with Gasteiger partial charge in [0.1, 0.15) is 0 Å². The summed E-state index contributed by atoms with van der Waals surface area (Å²) < 4.78 is 0. The first kappa shape index (κ1) is 16.3. The van der Waals surface area contributed by atoms with Gasteiger partial charge in [0.15, 0.2) is 0 Å². The lowest BCUT2D eigenvalue weighted by molar-refractivity contribution is 0.0780. The van der Waals surface area contributed by atoms with Gasteiger partial charge in [-0.2, -0.15) is 0 Å². The van der Waals surface area contributed by atoms with E-state index in [1.165, 1.54) is 6.42 Å². The second-order valence-electron chi connectivity index (χ2n) is 6.25. The summed E-state index contributed by atoms with van der Waals surface area (Å²) in [5, 5.41) is 0.681. The maximum atomic E-state index is 12.8. The highest BCUT2D eigenvalue weighted by Gasteiger charge is 2.36. The minimum Gasteiger partial charge on any atom is -0.337 e. The Morgan fingerprint density at radius 1 is 1.38 bits per heavy atom. The molecule has 2 rings (SSSR count). The predicted molar refractivity (Wildman–Crippen MR) is 88.0 cm³/mol. The molecular weight excluding hydrogens is 284 g/mol. The Kier molecular flexibility index (Phi) is 5.28. The van der Waals surface area contributed by atoms with Gasteiger partial charge in [0, 0.05) is 29.7 Å². The van der Waals surface area contributed by atoms with E-state index in [2.05, 4.69) is 25.9 Å². The molecule has 1 aromatic carbocycles. The largest absolute Gasteiger partial charge is 0.337 e. The van der Waals surface area contributed by atoms with Crippen molar-refractivity contribution in [1.82, 2.24) is 9.80 Å². The van der Waals surface area contributed by atoms with Crippen molar-refractivity contribution in [2.45, 2.75) is 32.7 Å². The summed E-state index contributed by atoms with van der Waals surface area (Å²) in [6, 6.07) is 5.96. The molecule has 0 spiro atoms. The van der Waals surface area contributed by atoms with Gasteiger partial charge in [0.2, 0.25) is 0 Å². The zero-order valence-corrected chi connectivity index (χ0v) is 14.2. The highest BCUT2D eigenvalue weighted by Crippen LogP contribution is 2.27. The molecule has 0 unspecified atom stereocenters. The second-order valence-corrected chi connectivity index (χ2v) is 6.69. The van der Waals surface area contributed by atoms with E-state index >= 15 is 0 Å². The number of carbonyl (C=O) groups excluding carboxylic acids is 1. The van der Waals surface area contributed by atoms with Gasteiger partial charge >= 0.3 is 0 Å². The van der Waals surface area contributed by atoms with Gasteiger partial charge in [-0.25, -0.2) is 0 Å². The SMILES string of the molecule is CCC[C@@H]1CN(C(=O)c2ccc(Cl)cc2C)C[C@H]1N(C)C. The molecule has 1 aliphatic rings. The number of benzene rings is 1. The van der Waals surface area contributed by atoms with Crippen LogP contribution in [0.4, 0.5) is 0 Å². The fourth-order valence-electron chi connectivity index (χ4n) is 3.30. The number of amides is 1. The fourth-order valence-corrected chi connectivity index (χ4v) is 3.52.